The zero-order valence-electron chi connectivity index (χ0n) is 12.7. The van der Waals surface area contributed by atoms with Gasteiger partial charge in [-0.25, -0.2) is 4.98 Å². The van der Waals surface area contributed by atoms with Gasteiger partial charge in [0.05, 0.1) is 10.3 Å². The number of carbonyl (C=O) groups excluding carboxylic acids is 1. The van der Waals surface area contributed by atoms with Crippen molar-refractivity contribution >= 4 is 34.0 Å². The van der Waals surface area contributed by atoms with Gasteiger partial charge in [0, 0.05) is 18.5 Å². The number of thiazole rings is 1. The Balaban J connectivity index is 1.57. The number of carbonyl (C=O) groups is 1. The number of anilines is 1. The molecule has 1 N–H and O–H groups in total. The summed E-state index contributed by atoms with van der Waals surface area (Å²) < 4.78 is 0. The van der Waals surface area contributed by atoms with E-state index in [9.17, 15) is 4.79 Å². The van der Waals surface area contributed by atoms with Gasteiger partial charge in [0.25, 0.3) is 0 Å². The Morgan fingerprint density at radius 3 is 2.82 bits per heavy atom. The molecule has 0 radical (unpaired) electrons. The molecule has 3 fully saturated rings. The molecule has 0 aromatic carbocycles. The van der Waals surface area contributed by atoms with Gasteiger partial charge < -0.3 is 5.32 Å². The number of halogens is 1. The van der Waals surface area contributed by atoms with Crippen LogP contribution in [0.1, 0.15) is 32.1 Å². The molecule has 1 saturated heterocycles. The van der Waals surface area contributed by atoms with Crippen molar-refractivity contribution in [3.8, 4) is 6.19 Å². The Bertz CT molecular complexity index is 718. The van der Waals surface area contributed by atoms with E-state index < -0.39 is 0 Å². The lowest BCUT2D eigenvalue weighted by molar-refractivity contribution is -0.125. The van der Waals surface area contributed by atoms with Crippen molar-refractivity contribution in [1.82, 2.24) is 10.3 Å². The minimum absolute atomic E-state index is 0.0716. The lowest BCUT2D eigenvalue weighted by atomic mass is 9.79. The summed E-state index contributed by atoms with van der Waals surface area (Å²) in [4.78, 5) is 20.0. The van der Waals surface area contributed by atoms with Gasteiger partial charge >= 0.3 is 0 Å². The number of hydrogen-bond acceptors (Lipinski definition) is 5. The van der Waals surface area contributed by atoms with Crippen LogP contribution < -0.4 is 10.2 Å². The zero-order valence-corrected chi connectivity index (χ0v) is 14.3. The minimum Gasteiger partial charge on any atom is -0.320 e. The minimum atomic E-state index is -0.214. The van der Waals surface area contributed by atoms with Crippen LogP contribution >= 0.6 is 22.9 Å². The number of amides is 1. The summed E-state index contributed by atoms with van der Waals surface area (Å²) in [6.45, 7) is 7.00. The van der Waals surface area contributed by atoms with Gasteiger partial charge in [0.15, 0.2) is 11.3 Å². The molecule has 22 heavy (non-hydrogen) atoms. The monoisotopic (exact) mass is 336 g/mol. The molecule has 1 aromatic rings. The molecule has 7 heteroatoms. The van der Waals surface area contributed by atoms with Gasteiger partial charge in [-0.15, -0.1) is 0 Å². The van der Waals surface area contributed by atoms with Crippen LogP contribution in [0.15, 0.2) is 0 Å². The van der Waals surface area contributed by atoms with E-state index in [4.69, 9.17) is 16.9 Å². The van der Waals surface area contributed by atoms with E-state index in [-0.39, 0.29) is 22.8 Å². The smallest absolute Gasteiger partial charge is 0.235 e. The molecule has 4 atom stereocenters. The molecule has 2 heterocycles. The summed E-state index contributed by atoms with van der Waals surface area (Å²) in [5, 5.41) is 12.8. The van der Waals surface area contributed by atoms with E-state index in [0.29, 0.717) is 23.5 Å². The fraction of sp³-hybridized carbons (Fsp3) is 0.667. The van der Waals surface area contributed by atoms with Crippen molar-refractivity contribution in [3.05, 3.63) is 10.0 Å². The van der Waals surface area contributed by atoms with Gasteiger partial charge in [0.1, 0.15) is 5.15 Å². The van der Waals surface area contributed by atoms with Crippen LogP contribution in [0.25, 0.3) is 0 Å². The average molecular weight is 337 g/mol. The molecule has 2 saturated carbocycles. The molecule has 1 spiro atoms. The van der Waals surface area contributed by atoms with Crippen LogP contribution in [0.3, 0.4) is 0 Å². The van der Waals surface area contributed by atoms with Crippen LogP contribution in [0.2, 0.25) is 5.15 Å². The number of piperidine rings is 1. The van der Waals surface area contributed by atoms with Crippen LogP contribution in [0.5, 0.6) is 0 Å². The lowest BCUT2D eigenvalue weighted by Crippen LogP contribution is -2.48. The fourth-order valence-corrected chi connectivity index (χ4v) is 5.81. The first-order valence-electron chi connectivity index (χ1n) is 7.44. The molecule has 1 aromatic heterocycles. The summed E-state index contributed by atoms with van der Waals surface area (Å²) in [5.41, 5.74) is -0.285. The summed E-state index contributed by atoms with van der Waals surface area (Å²) in [6, 6.07) is 0.186. The molecule has 1 amide bonds. The average Bonchev–Trinajstić information content (AvgIpc) is 2.69. The van der Waals surface area contributed by atoms with E-state index in [1.807, 2.05) is 6.19 Å². The van der Waals surface area contributed by atoms with E-state index in [1.165, 1.54) is 11.3 Å². The third-order valence-electron chi connectivity index (χ3n) is 5.33. The second-order valence-corrected chi connectivity index (χ2v) is 8.86. The molecular formula is C15H17ClN4OS. The molecule has 0 bridgehead atoms. The molecule has 1 aliphatic heterocycles. The van der Waals surface area contributed by atoms with Crippen molar-refractivity contribution in [2.75, 3.05) is 11.4 Å². The number of rotatable bonds is 2. The molecule has 3 aliphatic rings. The van der Waals surface area contributed by atoms with Crippen molar-refractivity contribution < 1.29 is 4.79 Å². The Hall–Kier alpha value is -1.32. The van der Waals surface area contributed by atoms with Crippen LogP contribution in [0.4, 0.5) is 5.13 Å². The van der Waals surface area contributed by atoms with Crippen LogP contribution in [-0.4, -0.2) is 23.5 Å². The predicted molar refractivity (Wildman–Crippen MR) is 84.7 cm³/mol. The second kappa shape index (κ2) is 4.15. The zero-order chi connectivity index (χ0) is 15.9. The summed E-state index contributed by atoms with van der Waals surface area (Å²) >= 11 is 7.78. The maximum absolute atomic E-state index is 12.8. The van der Waals surface area contributed by atoms with Gasteiger partial charge in [-0.3, -0.25) is 9.69 Å². The van der Waals surface area contributed by atoms with Crippen LogP contribution in [-0.2, 0) is 10.2 Å². The highest BCUT2D eigenvalue weighted by molar-refractivity contribution is 7.16. The predicted octanol–water partition coefficient (Wildman–Crippen LogP) is 2.52. The van der Waals surface area contributed by atoms with Gasteiger partial charge in [-0.05, 0) is 17.8 Å². The molecule has 2 aliphatic carbocycles. The number of fused-ring (bicyclic) bond motifs is 1. The number of hydrogen-bond donors (Lipinski definition) is 1. The van der Waals surface area contributed by atoms with E-state index >= 15 is 0 Å². The number of nitrogens with zero attached hydrogens (tertiary/aromatic N) is 3. The van der Waals surface area contributed by atoms with Gasteiger partial charge in [-0.2, -0.15) is 5.26 Å². The summed E-state index contributed by atoms with van der Waals surface area (Å²) in [7, 11) is 0. The highest BCUT2D eigenvalue weighted by Crippen LogP contribution is 2.76. The topological polar surface area (TPSA) is 69.0 Å². The SMILES string of the molecule is CC(C)(C)c1sc(N2CC3C4[C@H](NC#N)C[C@]34C2=O)nc1Cl. The van der Waals surface area contributed by atoms with Crippen LogP contribution in [0, 0.1) is 28.7 Å². The highest BCUT2D eigenvalue weighted by Gasteiger charge is 2.83. The first-order chi connectivity index (χ1) is 10.3. The molecular weight excluding hydrogens is 320 g/mol. The Morgan fingerprint density at radius 2 is 2.27 bits per heavy atom. The first-order valence-corrected chi connectivity index (χ1v) is 8.63. The van der Waals surface area contributed by atoms with Crippen molar-refractivity contribution in [2.24, 2.45) is 17.3 Å². The second-order valence-electron chi connectivity index (χ2n) is 7.52. The Kier molecular flexibility index (Phi) is 2.69. The molecule has 2 unspecified atom stereocenters. The molecule has 5 nitrogen and oxygen atoms in total. The highest BCUT2D eigenvalue weighted by atomic mass is 35.5. The number of nitrogens with one attached hydrogen (secondary N) is 1. The first kappa shape index (κ1) is 14.3. The Morgan fingerprint density at radius 1 is 1.55 bits per heavy atom. The lowest BCUT2D eigenvalue weighted by Gasteiger charge is -2.34. The normalized spacial score (nSPS) is 35.5. The Labute approximate surface area is 138 Å². The number of aromatic nitrogens is 1. The van der Waals surface area contributed by atoms with Gasteiger partial charge in [0.2, 0.25) is 5.91 Å². The molecule has 116 valence electrons. The van der Waals surface area contributed by atoms with Crippen molar-refractivity contribution in [1.29, 1.82) is 5.26 Å². The summed E-state index contributed by atoms with van der Waals surface area (Å²) in [5.74, 6) is 0.879. The van der Waals surface area contributed by atoms with Crippen molar-refractivity contribution in [3.63, 3.8) is 0 Å². The third-order valence-corrected chi connectivity index (χ3v) is 7.22. The fourth-order valence-electron chi connectivity index (χ4n) is 4.26. The van der Waals surface area contributed by atoms with E-state index in [1.54, 1.807) is 4.90 Å². The van der Waals surface area contributed by atoms with Crippen molar-refractivity contribution in [2.45, 2.75) is 38.6 Å². The maximum Gasteiger partial charge on any atom is 0.235 e. The largest absolute Gasteiger partial charge is 0.320 e. The third kappa shape index (κ3) is 1.59. The quantitative estimate of drug-likeness (QED) is 0.665. The number of nitriles is 1. The van der Waals surface area contributed by atoms with E-state index in [2.05, 4.69) is 31.1 Å². The standard InChI is InChI=1S/C15H17ClN4OS/c1-14(2,3)10-11(16)19-13(22-10)20-5-7-9-8(18-6-17)4-15(7,9)12(20)21/h7-9,18H,4-5H2,1-3H3/t7?,8-,9?,15+/m1/s1. The summed E-state index contributed by atoms with van der Waals surface area (Å²) in [6.07, 6.45) is 2.77. The van der Waals surface area contributed by atoms with E-state index in [0.717, 1.165) is 16.4 Å². The maximum atomic E-state index is 12.8. The van der Waals surface area contributed by atoms with Gasteiger partial charge in [-0.1, -0.05) is 43.7 Å². The molecule has 4 rings (SSSR count).